The van der Waals surface area contributed by atoms with Crippen molar-refractivity contribution >= 4 is 34.6 Å². The van der Waals surface area contributed by atoms with Gasteiger partial charge in [0.05, 0.1) is 18.2 Å². The molecule has 7 heteroatoms. The van der Waals surface area contributed by atoms with E-state index >= 15 is 0 Å². The van der Waals surface area contributed by atoms with E-state index in [1.807, 2.05) is 25.3 Å². The average molecular weight is 326 g/mol. The molecule has 1 aliphatic heterocycles. The van der Waals surface area contributed by atoms with E-state index in [0.29, 0.717) is 17.3 Å². The topological polar surface area (TPSA) is 59.6 Å². The standard InChI is InChI=1S/C14H18N2O3S2/c1-8-4-7-21-12(8)11-10(9(2)15-14(20)16-11)13(17)19-6-5-18-3/h4,7,11H,5-6H2,1-3H3,(H2,15,16,20). The first kappa shape index (κ1) is 15.9. The summed E-state index contributed by atoms with van der Waals surface area (Å²) in [6, 6.07) is 1.75. The number of nitrogens with one attached hydrogen (secondary N) is 2. The maximum absolute atomic E-state index is 12.4. The highest BCUT2D eigenvalue weighted by Gasteiger charge is 2.32. The van der Waals surface area contributed by atoms with Crippen LogP contribution in [0.15, 0.2) is 22.7 Å². The van der Waals surface area contributed by atoms with Crippen LogP contribution in [0.2, 0.25) is 0 Å². The summed E-state index contributed by atoms with van der Waals surface area (Å²) in [5.41, 5.74) is 2.40. The summed E-state index contributed by atoms with van der Waals surface area (Å²) in [6.45, 7) is 4.45. The van der Waals surface area contributed by atoms with Gasteiger partial charge < -0.3 is 20.1 Å². The Morgan fingerprint density at radius 2 is 2.19 bits per heavy atom. The second-order valence-corrected chi connectivity index (χ2v) is 6.02. The first-order chi connectivity index (χ1) is 10.0. The minimum atomic E-state index is -0.357. The Labute approximate surface area is 133 Å². The van der Waals surface area contributed by atoms with Crippen LogP contribution in [0, 0.1) is 6.92 Å². The maximum atomic E-state index is 12.4. The lowest BCUT2D eigenvalue weighted by Gasteiger charge is -2.29. The fourth-order valence-corrected chi connectivity index (χ4v) is 3.39. The van der Waals surface area contributed by atoms with Gasteiger partial charge in [0.2, 0.25) is 0 Å². The van der Waals surface area contributed by atoms with Gasteiger partial charge in [0.25, 0.3) is 0 Å². The third kappa shape index (κ3) is 3.61. The molecule has 1 aliphatic rings. The first-order valence-electron chi connectivity index (χ1n) is 6.53. The Kier molecular flexibility index (Phi) is 5.33. The van der Waals surface area contributed by atoms with E-state index in [1.165, 1.54) is 0 Å². The lowest BCUT2D eigenvalue weighted by atomic mass is 10.00. The molecule has 0 fully saturated rings. The third-order valence-corrected chi connectivity index (χ3v) is 4.48. The van der Waals surface area contributed by atoms with Crippen LogP contribution in [0.5, 0.6) is 0 Å². The SMILES string of the molecule is COCCOC(=O)C1=C(C)NC(=S)NC1c1sccc1C. The molecule has 2 rings (SSSR count). The molecule has 0 bridgehead atoms. The van der Waals surface area contributed by atoms with Gasteiger partial charge in [-0.25, -0.2) is 4.79 Å². The first-order valence-corrected chi connectivity index (χ1v) is 7.81. The van der Waals surface area contributed by atoms with Gasteiger partial charge in [0.15, 0.2) is 5.11 Å². The molecule has 0 saturated heterocycles. The number of rotatable bonds is 5. The van der Waals surface area contributed by atoms with Crippen LogP contribution < -0.4 is 10.6 Å². The van der Waals surface area contributed by atoms with Crippen molar-refractivity contribution in [3.05, 3.63) is 33.2 Å². The van der Waals surface area contributed by atoms with Gasteiger partial charge in [-0.3, -0.25) is 0 Å². The number of hydrogen-bond donors (Lipinski definition) is 2. The van der Waals surface area contributed by atoms with Gasteiger partial charge >= 0.3 is 5.97 Å². The van der Waals surface area contributed by atoms with Crippen molar-refractivity contribution in [3.63, 3.8) is 0 Å². The van der Waals surface area contributed by atoms with Crippen LogP contribution in [0.3, 0.4) is 0 Å². The van der Waals surface area contributed by atoms with Crippen LogP contribution in [0.4, 0.5) is 0 Å². The van der Waals surface area contributed by atoms with Crippen LogP contribution in [0.1, 0.15) is 23.4 Å². The second kappa shape index (κ2) is 7.02. The molecule has 0 radical (unpaired) electrons. The summed E-state index contributed by atoms with van der Waals surface area (Å²) >= 11 is 6.79. The second-order valence-electron chi connectivity index (χ2n) is 4.67. The van der Waals surface area contributed by atoms with E-state index in [9.17, 15) is 4.79 Å². The van der Waals surface area contributed by atoms with Crippen molar-refractivity contribution in [1.82, 2.24) is 10.6 Å². The van der Waals surface area contributed by atoms with E-state index in [4.69, 9.17) is 21.7 Å². The zero-order chi connectivity index (χ0) is 15.4. The number of carbonyl (C=O) groups excluding carboxylic acids is 1. The fraction of sp³-hybridized carbons (Fsp3) is 0.429. The maximum Gasteiger partial charge on any atom is 0.338 e. The van der Waals surface area contributed by atoms with Crippen LogP contribution in [-0.2, 0) is 14.3 Å². The summed E-state index contributed by atoms with van der Waals surface area (Å²) < 4.78 is 10.2. The Morgan fingerprint density at radius 1 is 1.43 bits per heavy atom. The zero-order valence-corrected chi connectivity index (χ0v) is 13.8. The van der Waals surface area contributed by atoms with Crippen molar-refractivity contribution in [3.8, 4) is 0 Å². The van der Waals surface area contributed by atoms with Gasteiger partial charge in [0.1, 0.15) is 6.61 Å². The number of carbonyl (C=O) groups is 1. The van der Waals surface area contributed by atoms with Crippen molar-refractivity contribution in [2.45, 2.75) is 19.9 Å². The molecule has 114 valence electrons. The highest BCUT2D eigenvalue weighted by Crippen LogP contribution is 2.32. The van der Waals surface area contributed by atoms with Crippen LogP contribution >= 0.6 is 23.6 Å². The van der Waals surface area contributed by atoms with E-state index in [0.717, 1.165) is 16.1 Å². The van der Waals surface area contributed by atoms with Crippen molar-refractivity contribution in [2.75, 3.05) is 20.3 Å². The largest absolute Gasteiger partial charge is 0.460 e. The van der Waals surface area contributed by atoms with Gasteiger partial charge in [-0.1, -0.05) is 0 Å². The summed E-state index contributed by atoms with van der Waals surface area (Å²) in [4.78, 5) is 13.4. The molecule has 21 heavy (non-hydrogen) atoms. The Bertz CT molecular complexity index is 581. The molecule has 5 nitrogen and oxygen atoms in total. The number of ether oxygens (including phenoxy) is 2. The highest BCUT2D eigenvalue weighted by atomic mass is 32.1. The lowest BCUT2D eigenvalue weighted by Crippen LogP contribution is -2.45. The van der Waals surface area contributed by atoms with E-state index in [2.05, 4.69) is 10.6 Å². The van der Waals surface area contributed by atoms with Crippen molar-refractivity contribution in [2.24, 2.45) is 0 Å². The molecular formula is C14H18N2O3S2. The van der Waals surface area contributed by atoms with E-state index < -0.39 is 0 Å². The number of methoxy groups -OCH3 is 1. The average Bonchev–Trinajstić information content (AvgIpc) is 2.84. The smallest absolute Gasteiger partial charge is 0.338 e. The molecule has 0 spiro atoms. The molecule has 0 aromatic carbocycles. The quantitative estimate of drug-likeness (QED) is 0.491. The Morgan fingerprint density at radius 3 is 2.81 bits per heavy atom. The molecule has 1 atom stereocenters. The fourth-order valence-electron chi connectivity index (χ4n) is 2.14. The number of esters is 1. The number of hydrogen-bond acceptors (Lipinski definition) is 5. The number of allylic oxidation sites excluding steroid dienone is 1. The monoisotopic (exact) mass is 326 g/mol. The Balaban J connectivity index is 2.28. The highest BCUT2D eigenvalue weighted by molar-refractivity contribution is 7.80. The van der Waals surface area contributed by atoms with Gasteiger partial charge in [-0.2, -0.15) is 0 Å². The Hall–Kier alpha value is -1.44. The molecule has 1 unspecified atom stereocenters. The molecule has 0 amide bonds. The van der Waals surface area contributed by atoms with Crippen LogP contribution in [0.25, 0.3) is 0 Å². The van der Waals surface area contributed by atoms with Gasteiger partial charge in [0, 0.05) is 17.7 Å². The van der Waals surface area contributed by atoms with Crippen molar-refractivity contribution < 1.29 is 14.3 Å². The minimum absolute atomic E-state index is 0.229. The summed E-state index contributed by atoms with van der Waals surface area (Å²) in [5.74, 6) is -0.357. The predicted molar refractivity (Wildman–Crippen MR) is 86.2 cm³/mol. The van der Waals surface area contributed by atoms with E-state index in [1.54, 1.807) is 18.4 Å². The normalized spacial score (nSPS) is 18.2. The van der Waals surface area contributed by atoms with Gasteiger partial charge in [-0.15, -0.1) is 11.3 Å². The molecule has 2 heterocycles. The predicted octanol–water partition coefficient (Wildman–Crippen LogP) is 2.04. The minimum Gasteiger partial charge on any atom is -0.460 e. The van der Waals surface area contributed by atoms with Crippen molar-refractivity contribution in [1.29, 1.82) is 0 Å². The molecule has 1 aromatic rings. The third-order valence-electron chi connectivity index (χ3n) is 3.17. The molecule has 0 saturated carbocycles. The molecular weight excluding hydrogens is 308 g/mol. The molecule has 2 N–H and O–H groups in total. The van der Waals surface area contributed by atoms with E-state index in [-0.39, 0.29) is 18.6 Å². The summed E-state index contributed by atoms with van der Waals surface area (Å²) in [6.07, 6.45) is 0. The number of thiocarbonyl (C=S) groups is 1. The zero-order valence-electron chi connectivity index (χ0n) is 12.2. The summed E-state index contributed by atoms with van der Waals surface area (Å²) in [5, 5.41) is 8.65. The molecule has 0 aliphatic carbocycles. The lowest BCUT2D eigenvalue weighted by molar-refractivity contribution is -0.140. The molecule has 1 aromatic heterocycles. The van der Waals surface area contributed by atoms with Crippen LogP contribution in [-0.4, -0.2) is 31.4 Å². The van der Waals surface area contributed by atoms with Gasteiger partial charge in [-0.05, 0) is 43.1 Å². The number of aryl methyl sites for hydroxylation is 1. The number of thiophene rings is 1. The summed E-state index contributed by atoms with van der Waals surface area (Å²) in [7, 11) is 1.57.